The molecule has 0 bridgehead atoms. The van der Waals surface area contributed by atoms with Gasteiger partial charge in [0.1, 0.15) is 5.82 Å². The molecule has 1 heterocycles. The molecule has 0 saturated carbocycles. The Morgan fingerprint density at radius 1 is 1.28 bits per heavy atom. The normalized spacial score (nSPS) is 11.8. The third-order valence-corrected chi connectivity index (χ3v) is 4.65. The summed E-state index contributed by atoms with van der Waals surface area (Å²) in [5, 5.41) is 10.9. The van der Waals surface area contributed by atoms with Crippen LogP contribution >= 0.6 is 11.3 Å². The van der Waals surface area contributed by atoms with E-state index < -0.39 is 16.6 Å². The lowest BCUT2D eigenvalue weighted by Crippen LogP contribution is -2.16. The van der Waals surface area contributed by atoms with E-state index in [1.807, 2.05) is 11.5 Å². The number of rotatable bonds is 4. The predicted octanol–water partition coefficient (Wildman–Crippen LogP) is 3.90. The zero-order valence-corrected chi connectivity index (χ0v) is 14.1. The highest BCUT2D eigenvalue weighted by molar-refractivity contribution is 7.16. The lowest BCUT2D eigenvalue weighted by molar-refractivity contribution is -0.384. The Balaban J connectivity index is 2.13. The number of thiazole rings is 1. The van der Waals surface area contributed by atoms with Crippen molar-refractivity contribution in [3.05, 3.63) is 68.8 Å². The zero-order chi connectivity index (χ0) is 18.0. The number of nitro groups is 1. The van der Waals surface area contributed by atoms with Crippen LogP contribution in [0.3, 0.4) is 0 Å². The van der Waals surface area contributed by atoms with Gasteiger partial charge in [-0.3, -0.25) is 14.9 Å². The first-order valence-corrected chi connectivity index (χ1v) is 8.43. The zero-order valence-electron chi connectivity index (χ0n) is 13.3. The summed E-state index contributed by atoms with van der Waals surface area (Å²) in [5.74, 6) is -0.905. The van der Waals surface area contributed by atoms with E-state index in [0.717, 1.165) is 11.9 Å². The van der Waals surface area contributed by atoms with Crippen LogP contribution in [0.25, 0.3) is 10.2 Å². The second-order valence-electron chi connectivity index (χ2n) is 5.37. The van der Waals surface area contributed by atoms with Gasteiger partial charge in [-0.1, -0.05) is 18.3 Å². The van der Waals surface area contributed by atoms with Crippen molar-refractivity contribution in [2.45, 2.75) is 19.9 Å². The molecule has 0 saturated heterocycles. The summed E-state index contributed by atoms with van der Waals surface area (Å²) in [5.41, 5.74) is 1.07. The van der Waals surface area contributed by atoms with Gasteiger partial charge >= 0.3 is 0 Å². The molecule has 0 aliphatic heterocycles. The average Bonchev–Trinajstić information content (AvgIpc) is 2.92. The molecule has 128 valence electrons. The molecule has 1 amide bonds. The Hall–Kier alpha value is -2.87. The summed E-state index contributed by atoms with van der Waals surface area (Å²) in [6, 6.07) is 9.75. The van der Waals surface area contributed by atoms with E-state index in [2.05, 4.69) is 4.99 Å². The molecule has 1 aromatic heterocycles. The number of non-ortho nitro benzene ring substituents is 1. The molecular weight excluding hydrogens is 345 g/mol. The van der Waals surface area contributed by atoms with Gasteiger partial charge in [-0.2, -0.15) is 4.99 Å². The van der Waals surface area contributed by atoms with Crippen LogP contribution in [0.5, 0.6) is 0 Å². The summed E-state index contributed by atoms with van der Waals surface area (Å²) in [7, 11) is 0. The number of hydrogen-bond acceptors (Lipinski definition) is 4. The number of benzene rings is 2. The summed E-state index contributed by atoms with van der Waals surface area (Å²) in [6.45, 7) is 2.63. The van der Waals surface area contributed by atoms with Crippen LogP contribution < -0.4 is 4.80 Å². The third-order valence-electron chi connectivity index (χ3n) is 3.61. The fourth-order valence-electron chi connectivity index (χ4n) is 2.44. The van der Waals surface area contributed by atoms with Crippen molar-refractivity contribution in [1.29, 1.82) is 0 Å². The van der Waals surface area contributed by atoms with E-state index in [-0.39, 0.29) is 11.3 Å². The Morgan fingerprint density at radius 3 is 2.64 bits per heavy atom. The minimum absolute atomic E-state index is 0.00573. The van der Waals surface area contributed by atoms with Crippen LogP contribution in [-0.4, -0.2) is 15.4 Å². The van der Waals surface area contributed by atoms with Crippen LogP contribution in [-0.2, 0) is 6.54 Å². The highest BCUT2D eigenvalue weighted by Gasteiger charge is 2.13. The largest absolute Gasteiger partial charge is 0.316 e. The maximum absolute atomic E-state index is 13.0. The van der Waals surface area contributed by atoms with Gasteiger partial charge in [0, 0.05) is 24.2 Å². The van der Waals surface area contributed by atoms with Crippen molar-refractivity contribution < 1.29 is 14.1 Å². The van der Waals surface area contributed by atoms with Crippen LogP contribution in [0.4, 0.5) is 10.1 Å². The fraction of sp³-hybridized carbons (Fsp3) is 0.176. The van der Waals surface area contributed by atoms with Gasteiger partial charge in [-0.05, 0) is 36.8 Å². The maximum atomic E-state index is 13.0. The number of carbonyl (C=O) groups is 1. The lowest BCUT2D eigenvalue weighted by atomic mass is 10.2. The highest BCUT2D eigenvalue weighted by Crippen LogP contribution is 2.23. The summed E-state index contributed by atoms with van der Waals surface area (Å²) in [6.07, 6.45) is 0.820. The number of amides is 1. The molecule has 0 N–H and O–H groups in total. The third kappa shape index (κ3) is 3.48. The SMILES string of the molecule is CCCn1c(=NC(=O)c2ccc(F)cc2)sc2cc([N+](=O)[O-])ccc21. The lowest BCUT2D eigenvalue weighted by Gasteiger charge is -2.02. The quantitative estimate of drug-likeness (QED) is 0.523. The van der Waals surface area contributed by atoms with Crippen molar-refractivity contribution >= 4 is 33.1 Å². The van der Waals surface area contributed by atoms with Crippen LogP contribution in [0.15, 0.2) is 47.5 Å². The molecule has 2 aromatic carbocycles. The summed E-state index contributed by atoms with van der Waals surface area (Å²) in [4.78, 5) is 27.4. The molecule has 0 spiro atoms. The van der Waals surface area contributed by atoms with Gasteiger partial charge in [0.2, 0.25) is 0 Å². The van der Waals surface area contributed by atoms with Crippen molar-refractivity contribution in [2.75, 3.05) is 0 Å². The smallest absolute Gasteiger partial charge is 0.279 e. The number of aryl methyl sites for hydroxylation is 1. The van der Waals surface area contributed by atoms with Crippen molar-refractivity contribution in [3.63, 3.8) is 0 Å². The number of carbonyl (C=O) groups excluding carboxylic acids is 1. The first-order chi connectivity index (χ1) is 12.0. The molecule has 0 unspecified atom stereocenters. The summed E-state index contributed by atoms with van der Waals surface area (Å²) >= 11 is 1.22. The molecule has 8 heteroatoms. The van der Waals surface area contributed by atoms with E-state index in [9.17, 15) is 19.3 Å². The molecule has 25 heavy (non-hydrogen) atoms. The molecule has 0 radical (unpaired) electrons. The minimum Gasteiger partial charge on any atom is -0.316 e. The number of nitro benzene ring substituents is 1. The van der Waals surface area contributed by atoms with Gasteiger partial charge in [-0.15, -0.1) is 0 Å². The van der Waals surface area contributed by atoms with E-state index in [4.69, 9.17) is 0 Å². The molecule has 0 fully saturated rings. The topological polar surface area (TPSA) is 77.5 Å². The number of fused-ring (bicyclic) bond motifs is 1. The first-order valence-electron chi connectivity index (χ1n) is 7.62. The summed E-state index contributed by atoms with van der Waals surface area (Å²) < 4.78 is 15.5. The molecular formula is C17H14FN3O3S. The van der Waals surface area contributed by atoms with Gasteiger partial charge in [0.25, 0.3) is 11.6 Å². The van der Waals surface area contributed by atoms with Crippen LogP contribution in [0, 0.1) is 15.9 Å². The van der Waals surface area contributed by atoms with E-state index in [1.165, 1.54) is 47.7 Å². The molecule has 3 aromatic rings. The van der Waals surface area contributed by atoms with E-state index in [0.29, 0.717) is 16.0 Å². The van der Waals surface area contributed by atoms with Crippen LogP contribution in [0.1, 0.15) is 23.7 Å². The Labute approximate surface area is 146 Å². The second-order valence-corrected chi connectivity index (χ2v) is 6.38. The fourth-order valence-corrected chi connectivity index (χ4v) is 3.53. The van der Waals surface area contributed by atoms with Crippen molar-refractivity contribution in [2.24, 2.45) is 4.99 Å². The molecule has 0 atom stereocenters. The van der Waals surface area contributed by atoms with E-state index >= 15 is 0 Å². The van der Waals surface area contributed by atoms with Gasteiger partial charge in [0.05, 0.1) is 15.1 Å². The molecule has 6 nitrogen and oxygen atoms in total. The van der Waals surface area contributed by atoms with Gasteiger partial charge in [0.15, 0.2) is 4.80 Å². The standard InChI is InChI=1S/C17H14FN3O3S/c1-2-9-20-14-8-7-13(21(23)24)10-15(14)25-17(20)19-16(22)11-3-5-12(18)6-4-11/h3-8,10H,2,9H2,1H3. The van der Waals surface area contributed by atoms with Gasteiger partial charge in [-0.25, -0.2) is 4.39 Å². The molecule has 0 aliphatic carbocycles. The number of nitrogens with zero attached hydrogens (tertiary/aromatic N) is 3. The predicted molar refractivity (Wildman–Crippen MR) is 93.1 cm³/mol. The van der Waals surface area contributed by atoms with Crippen molar-refractivity contribution in [1.82, 2.24) is 4.57 Å². The Kier molecular flexibility index (Phi) is 4.71. The minimum atomic E-state index is -0.481. The maximum Gasteiger partial charge on any atom is 0.279 e. The van der Waals surface area contributed by atoms with E-state index in [1.54, 1.807) is 6.07 Å². The van der Waals surface area contributed by atoms with Crippen LogP contribution in [0.2, 0.25) is 0 Å². The Morgan fingerprint density at radius 2 is 2.00 bits per heavy atom. The number of aromatic nitrogens is 1. The highest BCUT2D eigenvalue weighted by atomic mass is 32.1. The number of halogens is 1. The molecule has 3 rings (SSSR count). The second kappa shape index (κ2) is 6.94. The monoisotopic (exact) mass is 359 g/mol. The average molecular weight is 359 g/mol. The van der Waals surface area contributed by atoms with Crippen molar-refractivity contribution in [3.8, 4) is 0 Å². The molecule has 0 aliphatic rings. The number of hydrogen-bond donors (Lipinski definition) is 0. The van der Waals surface area contributed by atoms with Gasteiger partial charge < -0.3 is 4.57 Å². The first kappa shape index (κ1) is 17.0. The Bertz CT molecular complexity index is 1020.